The fraction of sp³-hybridized carbons (Fsp3) is 0.389. The Hall–Kier alpha value is -2.46. The van der Waals surface area contributed by atoms with Crippen LogP contribution in [0.15, 0.2) is 48.0 Å². The standard InChI is InChI=1S/C18H20F2N4O3S/c19-17(20)11-23-7-6-14-15(23)2-1-3-16(14)27-13-4-8-24(9-5-13)28(25,26)18-10-21-12-22-18/h1-3,6-7,10,12-13,17H,4-5,8-9,11H2,(H,21,22). The number of halogens is 2. The molecule has 3 heterocycles. The first-order chi connectivity index (χ1) is 13.4. The molecule has 1 aliphatic heterocycles. The number of rotatable bonds is 6. The third-order valence-electron chi connectivity index (χ3n) is 4.89. The molecular formula is C18H20F2N4O3S. The van der Waals surface area contributed by atoms with Gasteiger partial charge in [0.05, 0.1) is 24.6 Å². The lowest BCUT2D eigenvalue weighted by Gasteiger charge is -2.31. The van der Waals surface area contributed by atoms with Crippen molar-refractivity contribution in [3.63, 3.8) is 0 Å². The Morgan fingerprint density at radius 2 is 2.04 bits per heavy atom. The molecule has 28 heavy (non-hydrogen) atoms. The van der Waals surface area contributed by atoms with E-state index < -0.39 is 16.4 Å². The van der Waals surface area contributed by atoms with Crippen molar-refractivity contribution in [2.75, 3.05) is 13.1 Å². The molecule has 1 aliphatic rings. The average Bonchev–Trinajstić information content (AvgIpc) is 3.33. The maximum absolute atomic E-state index is 12.7. The molecule has 3 aromatic rings. The van der Waals surface area contributed by atoms with Crippen molar-refractivity contribution in [3.05, 3.63) is 43.0 Å². The zero-order valence-corrected chi connectivity index (χ0v) is 15.8. The van der Waals surface area contributed by atoms with Crippen LogP contribution in [0.1, 0.15) is 12.8 Å². The maximum Gasteiger partial charge on any atom is 0.260 e. The van der Waals surface area contributed by atoms with Crippen LogP contribution in [0.3, 0.4) is 0 Å². The van der Waals surface area contributed by atoms with Crippen molar-refractivity contribution in [2.24, 2.45) is 0 Å². The van der Waals surface area contributed by atoms with E-state index in [4.69, 9.17) is 4.74 Å². The topological polar surface area (TPSA) is 80.2 Å². The predicted molar refractivity (Wildman–Crippen MR) is 98.9 cm³/mol. The molecule has 0 spiro atoms. The lowest BCUT2D eigenvalue weighted by Crippen LogP contribution is -2.41. The molecule has 1 saturated heterocycles. The third-order valence-corrected chi connectivity index (χ3v) is 6.72. The molecule has 0 bridgehead atoms. The van der Waals surface area contributed by atoms with Crippen LogP contribution in [0.25, 0.3) is 10.9 Å². The van der Waals surface area contributed by atoms with Gasteiger partial charge in [-0.2, -0.15) is 4.31 Å². The smallest absolute Gasteiger partial charge is 0.260 e. The van der Waals surface area contributed by atoms with Gasteiger partial charge in [-0.3, -0.25) is 0 Å². The number of H-pyrrole nitrogens is 1. The highest BCUT2D eigenvalue weighted by molar-refractivity contribution is 7.89. The number of hydrogen-bond donors (Lipinski definition) is 1. The van der Waals surface area contributed by atoms with Gasteiger partial charge in [0, 0.05) is 24.7 Å². The van der Waals surface area contributed by atoms with Crippen molar-refractivity contribution in [1.29, 1.82) is 0 Å². The monoisotopic (exact) mass is 410 g/mol. The second-order valence-electron chi connectivity index (χ2n) is 6.69. The van der Waals surface area contributed by atoms with Crippen molar-refractivity contribution in [3.8, 4) is 5.75 Å². The maximum atomic E-state index is 12.7. The number of imidazole rings is 1. The van der Waals surface area contributed by atoms with Crippen LogP contribution in [-0.4, -0.2) is 52.9 Å². The molecule has 4 rings (SSSR count). The SMILES string of the molecule is O=S(=O)(c1cnc[nH]1)N1CCC(Oc2cccc3c2ccn3CC(F)F)CC1. The number of hydrogen-bond acceptors (Lipinski definition) is 4. The van der Waals surface area contributed by atoms with Gasteiger partial charge in [-0.05, 0) is 31.0 Å². The number of sulfonamides is 1. The van der Waals surface area contributed by atoms with Crippen LogP contribution in [0.4, 0.5) is 8.78 Å². The van der Waals surface area contributed by atoms with E-state index in [2.05, 4.69) is 9.97 Å². The van der Waals surface area contributed by atoms with Gasteiger partial charge in [0.1, 0.15) is 11.9 Å². The van der Waals surface area contributed by atoms with E-state index >= 15 is 0 Å². The van der Waals surface area contributed by atoms with E-state index in [0.717, 1.165) is 5.39 Å². The molecular weight excluding hydrogens is 390 g/mol. The second-order valence-corrected chi connectivity index (χ2v) is 8.59. The largest absolute Gasteiger partial charge is 0.490 e. The number of aromatic nitrogens is 3. The highest BCUT2D eigenvalue weighted by Crippen LogP contribution is 2.30. The minimum atomic E-state index is -3.57. The van der Waals surface area contributed by atoms with Crippen LogP contribution in [-0.2, 0) is 16.6 Å². The Morgan fingerprint density at radius 1 is 1.25 bits per heavy atom. The van der Waals surface area contributed by atoms with Gasteiger partial charge in [-0.1, -0.05) is 6.07 Å². The third kappa shape index (κ3) is 3.61. The van der Waals surface area contributed by atoms with Crippen LogP contribution >= 0.6 is 0 Å². The minimum absolute atomic E-state index is 0.0806. The zero-order chi connectivity index (χ0) is 19.7. The van der Waals surface area contributed by atoms with Crippen molar-refractivity contribution in [1.82, 2.24) is 18.8 Å². The van der Waals surface area contributed by atoms with Gasteiger partial charge in [0.2, 0.25) is 0 Å². The first-order valence-corrected chi connectivity index (χ1v) is 10.4. The van der Waals surface area contributed by atoms with Crippen LogP contribution in [0.5, 0.6) is 5.75 Å². The highest BCUT2D eigenvalue weighted by Gasteiger charge is 2.31. The summed E-state index contributed by atoms with van der Waals surface area (Å²) in [7, 11) is -3.57. The average molecular weight is 410 g/mol. The Kier molecular flexibility index (Phi) is 5.07. The summed E-state index contributed by atoms with van der Waals surface area (Å²) in [6, 6.07) is 7.13. The first-order valence-electron chi connectivity index (χ1n) is 8.96. The molecule has 0 aliphatic carbocycles. The lowest BCUT2D eigenvalue weighted by atomic mass is 10.1. The van der Waals surface area contributed by atoms with Crippen LogP contribution < -0.4 is 4.74 Å². The van der Waals surface area contributed by atoms with Gasteiger partial charge in [-0.15, -0.1) is 0 Å². The normalized spacial score (nSPS) is 16.8. The van der Waals surface area contributed by atoms with Gasteiger partial charge in [0.15, 0.2) is 5.03 Å². The van der Waals surface area contributed by atoms with E-state index in [1.807, 2.05) is 6.07 Å². The van der Waals surface area contributed by atoms with Crippen molar-refractivity contribution >= 4 is 20.9 Å². The number of fused-ring (bicyclic) bond motifs is 1. The summed E-state index contributed by atoms with van der Waals surface area (Å²) >= 11 is 0. The van der Waals surface area contributed by atoms with E-state index in [1.165, 1.54) is 21.4 Å². The van der Waals surface area contributed by atoms with E-state index in [1.54, 1.807) is 24.4 Å². The quantitative estimate of drug-likeness (QED) is 0.678. The summed E-state index contributed by atoms with van der Waals surface area (Å²) < 4.78 is 59.5. The molecule has 10 heteroatoms. The summed E-state index contributed by atoms with van der Waals surface area (Å²) in [6.45, 7) is 0.319. The molecule has 0 amide bonds. The highest BCUT2D eigenvalue weighted by atomic mass is 32.2. The number of nitrogens with one attached hydrogen (secondary N) is 1. The Labute approximate surface area is 161 Å². The number of nitrogens with zero attached hydrogens (tertiary/aromatic N) is 3. The zero-order valence-electron chi connectivity index (χ0n) is 15.0. The second kappa shape index (κ2) is 7.51. The molecule has 2 aromatic heterocycles. The molecule has 1 fully saturated rings. The molecule has 0 atom stereocenters. The first kappa shape index (κ1) is 18.9. The molecule has 0 saturated carbocycles. The Balaban J connectivity index is 1.45. The fourth-order valence-corrected chi connectivity index (χ4v) is 4.86. The van der Waals surface area contributed by atoms with E-state index in [9.17, 15) is 17.2 Å². The summed E-state index contributed by atoms with van der Waals surface area (Å²) in [5.41, 5.74) is 0.692. The van der Waals surface area contributed by atoms with Crippen LogP contribution in [0, 0.1) is 0 Å². The van der Waals surface area contributed by atoms with Gasteiger partial charge in [0.25, 0.3) is 16.4 Å². The molecule has 1 aromatic carbocycles. The lowest BCUT2D eigenvalue weighted by molar-refractivity contribution is 0.128. The summed E-state index contributed by atoms with van der Waals surface area (Å²) in [4.78, 5) is 6.40. The molecule has 1 N–H and O–H groups in total. The molecule has 0 radical (unpaired) electrons. The minimum Gasteiger partial charge on any atom is -0.490 e. The summed E-state index contributed by atoms with van der Waals surface area (Å²) in [5, 5.41) is 0.854. The van der Waals surface area contributed by atoms with Crippen molar-refractivity contribution < 1.29 is 21.9 Å². The summed E-state index contributed by atoms with van der Waals surface area (Å²) in [5.74, 6) is 0.625. The predicted octanol–water partition coefficient (Wildman–Crippen LogP) is 2.86. The van der Waals surface area contributed by atoms with Gasteiger partial charge in [-0.25, -0.2) is 22.2 Å². The van der Waals surface area contributed by atoms with Gasteiger partial charge >= 0.3 is 0 Å². The van der Waals surface area contributed by atoms with Gasteiger partial charge < -0.3 is 14.3 Å². The van der Waals surface area contributed by atoms with Crippen LogP contribution in [0.2, 0.25) is 0 Å². The molecule has 0 unspecified atom stereocenters. The van der Waals surface area contributed by atoms with E-state index in [0.29, 0.717) is 37.2 Å². The molecule has 150 valence electrons. The Morgan fingerprint density at radius 3 is 2.71 bits per heavy atom. The molecule has 7 nitrogen and oxygen atoms in total. The van der Waals surface area contributed by atoms with E-state index in [-0.39, 0.29) is 17.7 Å². The Bertz CT molecular complexity index is 1040. The number of piperidine rings is 1. The fourth-order valence-electron chi connectivity index (χ4n) is 3.50. The summed E-state index contributed by atoms with van der Waals surface area (Å²) in [6.07, 6.45) is 2.77. The number of ether oxygens (including phenoxy) is 1. The van der Waals surface area contributed by atoms with Crippen molar-refractivity contribution in [2.45, 2.75) is 36.9 Å². The number of aromatic amines is 1. The number of alkyl halides is 2. The number of benzene rings is 1.